The Hall–Kier alpha value is -4.51. The van der Waals surface area contributed by atoms with Crippen LogP contribution in [0.25, 0.3) is 55.2 Å². The Bertz CT molecular complexity index is 1810. The van der Waals surface area contributed by atoms with Gasteiger partial charge in [0.2, 0.25) is 5.91 Å². The van der Waals surface area contributed by atoms with Crippen molar-refractivity contribution in [2.75, 3.05) is 5.32 Å². The Balaban J connectivity index is 1.36. The fraction of sp³-hybridized carbons (Fsp3) is 0.185. The van der Waals surface area contributed by atoms with Gasteiger partial charge in [-0.05, 0) is 29.7 Å². The lowest BCUT2D eigenvalue weighted by atomic mass is 9.92. The molecule has 0 fully saturated rings. The van der Waals surface area contributed by atoms with Crippen molar-refractivity contribution in [1.29, 1.82) is 0 Å². The Morgan fingerprint density at radius 2 is 1.87 bits per heavy atom. The molecule has 0 aliphatic heterocycles. The van der Waals surface area contributed by atoms with Gasteiger partial charge in [0.25, 0.3) is 0 Å². The lowest BCUT2D eigenvalue weighted by Gasteiger charge is -2.17. The van der Waals surface area contributed by atoms with Crippen LogP contribution in [0.15, 0.2) is 55.2 Å². The minimum absolute atomic E-state index is 0.0637. The van der Waals surface area contributed by atoms with Gasteiger partial charge in [-0.3, -0.25) is 19.9 Å². The van der Waals surface area contributed by atoms with Crippen LogP contribution in [0.1, 0.15) is 27.2 Å². The monoisotopic (exact) mass is 526 g/mol. The number of nitrogens with zero attached hydrogens (tertiary/aromatic N) is 5. The third kappa shape index (κ3) is 4.63. The minimum atomic E-state index is -0.266. The summed E-state index contributed by atoms with van der Waals surface area (Å²) in [4.78, 5) is 34.4. The van der Waals surface area contributed by atoms with E-state index in [1.165, 1.54) is 6.07 Å². The van der Waals surface area contributed by atoms with Gasteiger partial charge in [0, 0.05) is 46.6 Å². The van der Waals surface area contributed by atoms with Gasteiger partial charge in [-0.15, -0.1) is 11.3 Å². The van der Waals surface area contributed by atoms with Gasteiger partial charge in [-0.2, -0.15) is 9.49 Å². The second-order valence-electron chi connectivity index (χ2n) is 10.2. The summed E-state index contributed by atoms with van der Waals surface area (Å²) in [5.41, 5.74) is 5.47. The summed E-state index contributed by atoms with van der Waals surface area (Å²) in [6.07, 6.45) is 8.84. The smallest absolute Gasteiger partial charge is 0.224 e. The number of anilines is 1. The van der Waals surface area contributed by atoms with E-state index in [-0.39, 0.29) is 16.5 Å². The molecule has 9 nitrogen and oxygen atoms in total. The predicted molar refractivity (Wildman–Crippen MR) is 146 cm³/mol. The van der Waals surface area contributed by atoms with E-state index in [9.17, 15) is 9.18 Å². The average molecular weight is 527 g/mol. The molecule has 0 bridgehead atoms. The highest BCUT2D eigenvalue weighted by Crippen LogP contribution is 2.34. The van der Waals surface area contributed by atoms with E-state index in [0.29, 0.717) is 34.8 Å². The van der Waals surface area contributed by atoms with Crippen LogP contribution in [0.3, 0.4) is 0 Å². The van der Waals surface area contributed by atoms with E-state index in [4.69, 9.17) is 4.98 Å². The van der Waals surface area contributed by atoms with Crippen LogP contribution in [0.2, 0.25) is 0 Å². The van der Waals surface area contributed by atoms with E-state index in [1.807, 2.05) is 32.9 Å². The molecule has 0 spiro atoms. The van der Waals surface area contributed by atoms with E-state index in [1.54, 1.807) is 37.1 Å². The van der Waals surface area contributed by atoms with Gasteiger partial charge >= 0.3 is 0 Å². The lowest BCUT2D eigenvalue weighted by molar-refractivity contribution is -0.117. The SMILES string of the molecule is CC(C)(C)CC(=O)Nc1cncc(-c2cnc3n[nH]c(-c4nc5c(-c6ccc(F)s6)cncc5[nH]4)c3c2)c1. The molecule has 6 aromatic heterocycles. The first-order valence-electron chi connectivity index (χ1n) is 11.9. The highest BCUT2D eigenvalue weighted by Gasteiger charge is 2.18. The maximum absolute atomic E-state index is 13.7. The predicted octanol–water partition coefficient (Wildman–Crippen LogP) is 6.20. The number of rotatable bonds is 5. The lowest BCUT2D eigenvalue weighted by Crippen LogP contribution is -2.19. The van der Waals surface area contributed by atoms with Crippen LogP contribution in [0.4, 0.5) is 10.1 Å². The summed E-state index contributed by atoms with van der Waals surface area (Å²) >= 11 is 1.05. The Labute approximate surface area is 220 Å². The molecule has 0 aromatic carbocycles. The molecule has 6 aromatic rings. The van der Waals surface area contributed by atoms with Crippen molar-refractivity contribution in [1.82, 2.24) is 35.1 Å². The Morgan fingerprint density at radius 3 is 2.66 bits per heavy atom. The zero-order chi connectivity index (χ0) is 26.4. The van der Waals surface area contributed by atoms with Gasteiger partial charge in [-0.1, -0.05) is 20.8 Å². The molecule has 6 heterocycles. The zero-order valence-corrected chi connectivity index (χ0v) is 21.7. The molecular formula is C27H23FN8OS. The van der Waals surface area contributed by atoms with Crippen molar-refractivity contribution in [3.63, 3.8) is 0 Å². The molecule has 0 atom stereocenters. The molecule has 11 heteroatoms. The van der Waals surface area contributed by atoms with E-state index in [2.05, 4.69) is 35.5 Å². The van der Waals surface area contributed by atoms with Gasteiger partial charge in [0.1, 0.15) is 11.2 Å². The van der Waals surface area contributed by atoms with E-state index >= 15 is 0 Å². The van der Waals surface area contributed by atoms with Crippen LogP contribution in [-0.4, -0.2) is 41.0 Å². The molecule has 0 saturated heterocycles. The first-order valence-corrected chi connectivity index (χ1v) is 12.7. The molecule has 38 heavy (non-hydrogen) atoms. The van der Waals surface area contributed by atoms with Crippen LogP contribution in [0, 0.1) is 10.5 Å². The summed E-state index contributed by atoms with van der Waals surface area (Å²) in [6.45, 7) is 6.06. The number of pyridine rings is 3. The van der Waals surface area contributed by atoms with Crippen molar-refractivity contribution >= 4 is 45.0 Å². The average Bonchev–Trinajstić information content (AvgIpc) is 3.60. The number of halogens is 1. The van der Waals surface area contributed by atoms with Gasteiger partial charge in [-0.25, -0.2) is 9.97 Å². The third-order valence-corrected chi connectivity index (χ3v) is 6.83. The number of nitrogens with one attached hydrogen (secondary N) is 3. The fourth-order valence-electron chi connectivity index (χ4n) is 4.28. The van der Waals surface area contributed by atoms with Gasteiger partial charge in [0.15, 0.2) is 16.6 Å². The maximum Gasteiger partial charge on any atom is 0.224 e. The molecule has 3 N–H and O–H groups in total. The van der Waals surface area contributed by atoms with Crippen LogP contribution in [-0.2, 0) is 4.79 Å². The number of carbonyl (C=O) groups excluding carboxylic acids is 1. The summed E-state index contributed by atoms with van der Waals surface area (Å²) in [6, 6.07) is 6.98. The van der Waals surface area contributed by atoms with Crippen LogP contribution >= 0.6 is 11.3 Å². The largest absolute Gasteiger partial charge is 0.335 e. The number of H-pyrrole nitrogens is 2. The number of aromatic nitrogens is 7. The number of aromatic amines is 2. The van der Waals surface area contributed by atoms with Crippen LogP contribution < -0.4 is 5.32 Å². The molecule has 1 amide bonds. The molecular weight excluding hydrogens is 503 g/mol. The molecule has 0 radical (unpaired) electrons. The van der Waals surface area contributed by atoms with E-state index < -0.39 is 0 Å². The number of thiophene rings is 1. The highest BCUT2D eigenvalue weighted by atomic mass is 32.1. The molecule has 0 unspecified atom stereocenters. The summed E-state index contributed by atoms with van der Waals surface area (Å²) in [7, 11) is 0. The molecule has 0 aliphatic rings. The number of hydrogen-bond acceptors (Lipinski definition) is 7. The Kier molecular flexibility index (Phi) is 5.72. The third-order valence-electron chi connectivity index (χ3n) is 5.93. The molecule has 0 aliphatic carbocycles. The summed E-state index contributed by atoms with van der Waals surface area (Å²) in [5.74, 6) is 0.500. The van der Waals surface area contributed by atoms with Gasteiger partial charge in [0.05, 0.1) is 29.0 Å². The summed E-state index contributed by atoms with van der Waals surface area (Å²) < 4.78 is 13.7. The number of imidazole rings is 1. The minimum Gasteiger partial charge on any atom is -0.335 e. The first-order chi connectivity index (χ1) is 18.2. The normalized spacial score (nSPS) is 11.9. The first kappa shape index (κ1) is 23.9. The molecule has 6 rings (SSSR count). The van der Waals surface area contributed by atoms with Crippen molar-refractivity contribution in [2.45, 2.75) is 27.2 Å². The highest BCUT2D eigenvalue weighted by molar-refractivity contribution is 7.14. The molecule has 190 valence electrons. The number of hydrogen-bond donors (Lipinski definition) is 3. The Morgan fingerprint density at radius 1 is 1.05 bits per heavy atom. The second-order valence-corrected chi connectivity index (χ2v) is 11.2. The number of fused-ring (bicyclic) bond motifs is 2. The van der Waals surface area contributed by atoms with Crippen molar-refractivity contribution in [3.8, 4) is 33.1 Å². The van der Waals surface area contributed by atoms with Crippen molar-refractivity contribution < 1.29 is 9.18 Å². The van der Waals surface area contributed by atoms with Crippen molar-refractivity contribution in [2.24, 2.45) is 5.41 Å². The van der Waals surface area contributed by atoms with Gasteiger partial charge < -0.3 is 10.3 Å². The molecule has 0 saturated carbocycles. The van der Waals surface area contributed by atoms with Crippen LogP contribution in [0.5, 0.6) is 0 Å². The maximum atomic E-state index is 13.7. The number of amides is 1. The van der Waals surface area contributed by atoms with E-state index in [0.717, 1.165) is 43.8 Å². The standard InChI is InChI=1S/C27H23FN8OS/c1-27(2,3)8-22(37)32-16-6-14(9-29-11-16)15-7-17-24(35-36-25(17)31-10-15)26-33-19-13-30-12-18(23(19)34-26)20-4-5-21(28)38-20/h4-7,9-13H,8H2,1-3H3,(H,32,37)(H,33,34)(H,31,35,36). The summed E-state index contributed by atoms with van der Waals surface area (Å²) in [5, 5.41) is 10.8. The zero-order valence-electron chi connectivity index (χ0n) is 20.8. The number of carbonyl (C=O) groups is 1. The fourth-order valence-corrected chi connectivity index (χ4v) is 5.02. The second kappa shape index (κ2) is 9.10. The topological polar surface area (TPSA) is 125 Å². The quantitative estimate of drug-likeness (QED) is 0.246. The van der Waals surface area contributed by atoms with Crippen molar-refractivity contribution in [3.05, 3.63) is 60.4 Å².